The summed E-state index contributed by atoms with van der Waals surface area (Å²) < 4.78 is 0. The molecule has 0 atom stereocenters. The molecule has 0 unspecified atom stereocenters. The number of pyridine rings is 1. The van der Waals surface area contributed by atoms with Gasteiger partial charge in [-0.3, -0.25) is 9.78 Å². The molecule has 5 heteroatoms. The van der Waals surface area contributed by atoms with Crippen LogP contribution in [0, 0.1) is 6.92 Å². The minimum atomic E-state index is -0.0767. The Morgan fingerprint density at radius 2 is 2.24 bits per heavy atom. The molecule has 0 aromatic carbocycles. The first-order valence-corrected chi connectivity index (χ1v) is 5.95. The summed E-state index contributed by atoms with van der Waals surface area (Å²) in [5, 5.41) is 0. The Kier molecular flexibility index (Phi) is 5.03. The second-order valence-corrected chi connectivity index (χ2v) is 4.41. The number of thiocarbonyl (C=S) groups is 1. The monoisotopic (exact) mass is 251 g/mol. The Labute approximate surface area is 107 Å². The van der Waals surface area contributed by atoms with E-state index in [1.165, 1.54) is 0 Å². The van der Waals surface area contributed by atoms with Crippen LogP contribution in [-0.2, 0) is 0 Å². The number of amides is 1. The molecule has 0 radical (unpaired) electrons. The fraction of sp³-hybridized carbons (Fsp3) is 0.417. The van der Waals surface area contributed by atoms with Crippen molar-refractivity contribution in [3.8, 4) is 0 Å². The zero-order chi connectivity index (χ0) is 12.8. The van der Waals surface area contributed by atoms with Crippen LogP contribution in [-0.4, -0.2) is 33.9 Å². The van der Waals surface area contributed by atoms with Gasteiger partial charge >= 0.3 is 0 Å². The molecule has 0 spiro atoms. The first-order chi connectivity index (χ1) is 8.04. The van der Waals surface area contributed by atoms with E-state index in [9.17, 15) is 4.79 Å². The first-order valence-electron chi connectivity index (χ1n) is 5.54. The third-order valence-corrected chi connectivity index (χ3v) is 2.41. The largest absolute Gasteiger partial charge is 0.392 e. The fourth-order valence-electron chi connectivity index (χ4n) is 1.49. The van der Waals surface area contributed by atoms with E-state index >= 15 is 0 Å². The Hall–Kier alpha value is -1.49. The van der Waals surface area contributed by atoms with E-state index in [4.69, 9.17) is 18.0 Å². The Morgan fingerprint density at radius 3 is 2.71 bits per heavy atom. The Balaban J connectivity index is 2.83. The van der Waals surface area contributed by atoms with Gasteiger partial charge < -0.3 is 10.6 Å². The summed E-state index contributed by atoms with van der Waals surface area (Å²) in [4.78, 5) is 18.2. The lowest BCUT2D eigenvalue weighted by molar-refractivity contribution is 0.0779. The van der Waals surface area contributed by atoms with E-state index in [1.807, 2.05) is 19.9 Å². The first kappa shape index (κ1) is 13.6. The molecule has 1 amide bonds. The summed E-state index contributed by atoms with van der Waals surface area (Å²) in [6.07, 6.45) is 2.45. The van der Waals surface area contributed by atoms with Gasteiger partial charge in [0.2, 0.25) is 0 Å². The van der Waals surface area contributed by atoms with Crippen molar-refractivity contribution in [1.29, 1.82) is 0 Å². The molecular formula is C12H17N3OS. The van der Waals surface area contributed by atoms with Crippen LogP contribution in [0.3, 0.4) is 0 Å². The molecule has 1 rings (SSSR count). The molecule has 0 fully saturated rings. The van der Waals surface area contributed by atoms with Gasteiger partial charge in [0.15, 0.2) is 0 Å². The lowest BCUT2D eigenvalue weighted by Crippen LogP contribution is -2.38. The van der Waals surface area contributed by atoms with Crippen molar-refractivity contribution in [2.75, 3.05) is 13.1 Å². The van der Waals surface area contributed by atoms with Crippen LogP contribution < -0.4 is 5.73 Å². The highest BCUT2D eigenvalue weighted by atomic mass is 32.1. The van der Waals surface area contributed by atoms with E-state index < -0.39 is 0 Å². The summed E-state index contributed by atoms with van der Waals surface area (Å²) in [5.41, 5.74) is 6.94. The predicted octanol–water partition coefficient (Wildman–Crippen LogP) is 1.53. The molecule has 1 aromatic rings. The summed E-state index contributed by atoms with van der Waals surface area (Å²) in [6.45, 7) is 4.85. The van der Waals surface area contributed by atoms with Crippen LogP contribution in [0.25, 0.3) is 0 Å². The van der Waals surface area contributed by atoms with E-state index in [-0.39, 0.29) is 5.91 Å². The molecule has 92 valence electrons. The van der Waals surface area contributed by atoms with Crippen molar-refractivity contribution in [2.45, 2.75) is 20.3 Å². The van der Waals surface area contributed by atoms with Gasteiger partial charge in [0.1, 0.15) is 0 Å². The van der Waals surface area contributed by atoms with Crippen molar-refractivity contribution < 1.29 is 4.79 Å². The molecule has 0 bridgehead atoms. The van der Waals surface area contributed by atoms with Crippen LogP contribution in [0.4, 0.5) is 0 Å². The van der Waals surface area contributed by atoms with E-state index in [0.717, 1.165) is 12.1 Å². The highest BCUT2D eigenvalue weighted by Gasteiger charge is 2.15. The van der Waals surface area contributed by atoms with Gasteiger partial charge in [-0.05, 0) is 25.5 Å². The number of nitrogens with zero attached hydrogens (tertiary/aromatic N) is 2. The van der Waals surface area contributed by atoms with Gasteiger partial charge in [-0.15, -0.1) is 0 Å². The van der Waals surface area contributed by atoms with Crippen LogP contribution in [0.1, 0.15) is 29.4 Å². The minimum Gasteiger partial charge on any atom is -0.392 e. The topological polar surface area (TPSA) is 59.2 Å². The van der Waals surface area contributed by atoms with E-state index in [0.29, 0.717) is 23.6 Å². The number of aromatic nitrogens is 1. The average Bonchev–Trinajstić information content (AvgIpc) is 2.28. The smallest absolute Gasteiger partial charge is 0.255 e. The maximum Gasteiger partial charge on any atom is 0.255 e. The van der Waals surface area contributed by atoms with Gasteiger partial charge in [-0.2, -0.15) is 0 Å². The minimum absolute atomic E-state index is 0.0767. The number of aryl methyl sites for hydroxylation is 1. The molecule has 0 aliphatic carbocycles. The molecule has 2 N–H and O–H groups in total. The predicted molar refractivity (Wildman–Crippen MR) is 72.0 cm³/mol. The Bertz CT molecular complexity index is 403. The van der Waals surface area contributed by atoms with Crippen molar-refractivity contribution in [2.24, 2.45) is 5.73 Å². The number of nitrogens with two attached hydrogens (primary N) is 1. The van der Waals surface area contributed by atoms with Crippen molar-refractivity contribution in [1.82, 2.24) is 9.88 Å². The van der Waals surface area contributed by atoms with Crippen LogP contribution in [0.5, 0.6) is 0 Å². The highest BCUT2D eigenvalue weighted by molar-refractivity contribution is 7.80. The number of hydrogen-bond acceptors (Lipinski definition) is 3. The second-order valence-electron chi connectivity index (χ2n) is 3.88. The summed E-state index contributed by atoms with van der Waals surface area (Å²) in [7, 11) is 0. The van der Waals surface area contributed by atoms with Gasteiger partial charge in [0, 0.05) is 18.4 Å². The third kappa shape index (κ3) is 4.11. The summed E-state index contributed by atoms with van der Waals surface area (Å²) in [6, 6.07) is 3.59. The molecule has 1 heterocycles. The SMILES string of the molecule is CCCN(CC(N)=S)C(=O)c1ccc(C)nc1. The van der Waals surface area contributed by atoms with E-state index in [1.54, 1.807) is 17.2 Å². The summed E-state index contributed by atoms with van der Waals surface area (Å²) in [5.74, 6) is -0.0767. The molecule has 4 nitrogen and oxygen atoms in total. The van der Waals surface area contributed by atoms with Crippen molar-refractivity contribution in [3.63, 3.8) is 0 Å². The number of hydrogen-bond donors (Lipinski definition) is 1. The maximum atomic E-state index is 12.2. The Morgan fingerprint density at radius 1 is 1.53 bits per heavy atom. The van der Waals surface area contributed by atoms with Crippen LogP contribution in [0.2, 0.25) is 0 Å². The standard InChI is InChI=1S/C12H17N3OS/c1-3-6-15(8-11(13)17)12(16)10-5-4-9(2)14-7-10/h4-5,7H,3,6,8H2,1-2H3,(H2,13,17). The molecule has 0 saturated carbocycles. The van der Waals surface area contributed by atoms with Gasteiger partial charge in [0.05, 0.1) is 17.1 Å². The molecule has 0 saturated heterocycles. The lowest BCUT2D eigenvalue weighted by Gasteiger charge is -2.21. The van der Waals surface area contributed by atoms with Crippen LogP contribution in [0.15, 0.2) is 18.3 Å². The third-order valence-electron chi connectivity index (χ3n) is 2.29. The average molecular weight is 251 g/mol. The number of rotatable bonds is 5. The molecule has 0 aliphatic rings. The lowest BCUT2D eigenvalue weighted by atomic mass is 10.2. The number of carbonyl (C=O) groups is 1. The zero-order valence-corrected chi connectivity index (χ0v) is 11.0. The van der Waals surface area contributed by atoms with Crippen molar-refractivity contribution >= 4 is 23.1 Å². The van der Waals surface area contributed by atoms with E-state index in [2.05, 4.69) is 4.98 Å². The fourth-order valence-corrected chi connectivity index (χ4v) is 1.64. The molecule has 0 aliphatic heterocycles. The molecule has 1 aromatic heterocycles. The van der Waals surface area contributed by atoms with Gasteiger partial charge in [-0.1, -0.05) is 19.1 Å². The van der Waals surface area contributed by atoms with Crippen molar-refractivity contribution in [3.05, 3.63) is 29.6 Å². The van der Waals surface area contributed by atoms with Gasteiger partial charge in [-0.25, -0.2) is 0 Å². The van der Waals surface area contributed by atoms with Crippen LogP contribution >= 0.6 is 12.2 Å². The van der Waals surface area contributed by atoms with Gasteiger partial charge in [0.25, 0.3) is 5.91 Å². The second kappa shape index (κ2) is 6.30. The maximum absolute atomic E-state index is 12.2. The highest BCUT2D eigenvalue weighted by Crippen LogP contribution is 2.05. The zero-order valence-electron chi connectivity index (χ0n) is 10.1. The normalized spacial score (nSPS) is 10.0. The molecular weight excluding hydrogens is 234 g/mol. The molecule has 17 heavy (non-hydrogen) atoms. The quantitative estimate of drug-likeness (QED) is 0.806. The summed E-state index contributed by atoms with van der Waals surface area (Å²) >= 11 is 4.84. The number of carbonyl (C=O) groups excluding carboxylic acids is 1.